The summed E-state index contributed by atoms with van der Waals surface area (Å²) in [4.78, 5) is 26.4. The molecule has 0 aromatic heterocycles. The third-order valence-electron chi connectivity index (χ3n) is 4.07. The standard InChI is InChI=1S/C20H23NO7/c1-24-13-9-10-16(15(12-13)20(27-4)28-5)21-11-7-6-8-14(18(22)25-2)17(21)19(23)26-3/h6-12,20H,1-5H3. The summed E-state index contributed by atoms with van der Waals surface area (Å²) in [5.41, 5.74) is 1.17. The first-order chi connectivity index (χ1) is 13.5. The van der Waals surface area contributed by atoms with Crippen molar-refractivity contribution in [3.63, 3.8) is 0 Å². The van der Waals surface area contributed by atoms with Crippen LogP contribution in [-0.2, 0) is 28.5 Å². The maximum absolute atomic E-state index is 12.6. The van der Waals surface area contributed by atoms with Crippen molar-refractivity contribution < 1.29 is 33.3 Å². The predicted molar refractivity (Wildman–Crippen MR) is 102 cm³/mol. The third kappa shape index (κ3) is 4.24. The molecule has 1 heterocycles. The summed E-state index contributed by atoms with van der Waals surface area (Å²) >= 11 is 0. The monoisotopic (exact) mass is 389 g/mol. The lowest BCUT2D eigenvalue weighted by Crippen LogP contribution is -2.28. The Hall–Kier alpha value is -3.10. The van der Waals surface area contributed by atoms with Gasteiger partial charge in [0.05, 0.1) is 32.6 Å². The zero-order valence-electron chi connectivity index (χ0n) is 16.4. The number of allylic oxidation sites excluding steroid dienone is 2. The minimum absolute atomic E-state index is 0.00303. The van der Waals surface area contributed by atoms with E-state index in [1.807, 2.05) is 0 Å². The van der Waals surface area contributed by atoms with Gasteiger partial charge >= 0.3 is 11.9 Å². The molecular weight excluding hydrogens is 366 g/mol. The second-order valence-electron chi connectivity index (χ2n) is 5.54. The minimum Gasteiger partial charge on any atom is -0.497 e. The maximum atomic E-state index is 12.6. The van der Waals surface area contributed by atoms with E-state index >= 15 is 0 Å². The van der Waals surface area contributed by atoms with E-state index in [0.29, 0.717) is 17.0 Å². The molecule has 1 aliphatic heterocycles. The zero-order valence-corrected chi connectivity index (χ0v) is 16.4. The summed E-state index contributed by atoms with van der Waals surface area (Å²) in [7, 11) is 7.01. The van der Waals surface area contributed by atoms with E-state index in [-0.39, 0.29) is 11.3 Å². The highest BCUT2D eigenvalue weighted by atomic mass is 16.7. The lowest BCUT2D eigenvalue weighted by Gasteiger charge is -2.27. The van der Waals surface area contributed by atoms with Gasteiger partial charge < -0.3 is 28.6 Å². The van der Waals surface area contributed by atoms with E-state index in [4.69, 9.17) is 23.7 Å². The van der Waals surface area contributed by atoms with Gasteiger partial charge in [-0.1, -0.05) is 6.08 Å². The van der Waals surface area contributed by atoms with E-state index in [2.05, 4.69) is 0 Å². The normalized spacial score (nSPS) is 13.6. The van der Waals surface area contributed by atoms with Gasteiger partial charge in [0.15, 0.2) is 6.29 Å². The Bertz CT molecular complexity index is 822. The van der Waals surface area contributed by atoms with E-state index in [1.54, 1.807) is 36.6 Å². The van der Waals surface area contributed by atoms with E-state index in [1.165, 1.54) is 46.5 Å². The van der Waals surface area contributed by atoms with Gasteiger partial charge in [0, 0.05) is 26.0 Å². The number of carbonyl (C=O) groups excluding carboxylic acids is 2. The average molecular weight is 389 g/mol. The van der Waals surface area contributed by atoms with Crippen LogP contribution in [0.3, 0.4) is 0 Å². The van der Waals surface area contributed by atoms with Gasteiger partial charge in [-0.25, -0.2) is 9.59 Å². The van der Waals surface area contributed by atoms with Crippen LogP contribution < -0.4 is 9.64 Å². The van der Waals surface area contributed by atoms with Crippen molar-refractivity contribution in [3.8, 4) is 5.75 Å². The van der Waals surface area contributed by atoms with Crippen molar-refractivity contribution in [2.24, 2.45) is 0 Å². The van der Waals surface area contributed by atoms with Crippen molar-refractivity contribution in [2.45, 2.75) is 6.29 Å². The molecular formula is C20H23NO7. The number of ether oxygens (including phenoxy) is 5. The topological polar surface area (TPSA) is 83.5 Å². The SMILES string of the molecule is COC(=O)C1=C(C(=O)OC)N(c2ccc(OC)cc2C(OC)OC)C=CC=C1. The van der Waals surface area contributed by atoms with Gasteiger partial charge in [-0.2, -0.15) is 0 Å². The molecule has 0 fully saturated rings. The molecule has 8 heteroatoms. The highest BCUT2D eigenvalue weighted by Crippen LogP contribution is 2.36. The van der Waals surface area contributed by atoms with Crippen molar-refractivity contribution in [2.75, 3.05) is 40.4 Å². The smallest absolute Gasteiger partial charge is 0.355 e. The number of esters is 2. The largest absolute Gasteiger partial charge is 0.497 e. The Labute approximate surface area is 163 Å². The van der Waals surface area contributed by atoms with Crippen molar-refractivity contribution in [1.29, 1.82) is 0 Å². The highest BCUT2D eigenvalue weighted by molar-refractivity contribution is 6.05. The number of nitrogens with zero attached hydrogens (tertiary/aromatic N) is 1. The zero-order chi connectivity index (χ0) is 20.7. The van der Waals surface area contributed by atoms with Gasteiger partial charge in [0.2, 0.25) is 0 Å². The molecule has 0 saturated carbocycles. The fourth-order valence-electron chi connectivity index (χ4n) is 2.77. The fourth-order valence-corrected chi connectivity index (χ4v) is 2.77. The van der Waals surface area contributed by atoms with Gasteiger partial charge in [-0.15, -0.1) is 0 Å². The van der Waals surface area contributed by atoms with Crippen LogP contribution in [0.1, 0.15) is 11.9 Å². The Balaban J connectivity index is 2.76. The highest BCUT2D eigenvalue weighted by Gasteiger charge is 2.30. The molecule has 1 aromatic rings. The maximum Gasteiger partial charge on any atom is 0.355 e. The van der Waals surface area contributed by atoms with Gasteiger partial charge in [-0.3, -0.25) is 0 Å². The first-order valence-electron chi connectivity index (χ1n) is 8.30. The Morgan fingerprint density at radius 2 is 1.61 bits per heavy atom. The Kier molecular flexibility index (Phi) is 7.36. The number of hydrogen-bond acceptors (Lipinski definition) is 8. The van der Waals surface area contributed by atoms with Crippen molar-refractivity contribution in [3.05, 3.63) is 59.5 Å². The van der Waals surface area contributed by atoms with E-state index < -0.39 is 18.2 Å². The quantitative estimate of drug-likeness (QED) is 0.520. The summed E-state index contributed by atoms with van der Waals surface area (Å²) in [5.74, 6) is -0.799. The molecule has 0 N–H and O–H groups in total. The van der Waals surface area contributed by atoms with Gasteiger partial charge in [0.1, 0.15) is 11.4 Å². The first-order valence-corrected chi connectivity index (χ1v) is 8.30. The second-order valence-corrected chi connectivity index (χ2v) is 5.54. The van der Waals surface area contributed by atoms with Crippen LogP contribution in [0.2, 0.25) is 0 Å². The van der Waals surface area contributed by atoms with Crippen molar-refractivity contribution >= 4 is 17.6 Å². The fraction of sp³-hybridized carbons (Fsp3) is 0.300. The van der Waals surface area contributed by atoms with E-state index in [9.17, 15) is 9.59 Å². The molecule has 0 spiro atoms. The lowest BCUT2D eigenvalue weighted by molar-refractivity contribution is -0.139. The molecule has 0 bridgehead atoms. The van der Waals surface area contributed by atoms with Crippen LogP contribution in [0.4, 0.5) is 5.69 Å². The number of benzene rings is 1. The molecule has 1 aromatic carbocycles. The summed E-state index contributed by atoms with van der Waals surface area (Å²) in [5, 5.41) is 0. The molecule has 8 nitrogen and oxygen atoms in total. The number of anilines is 1. The molecule has 0 amide bonds. The van der Waals surface area contributed by atoms with Crippen molar-refractivity contribution in [1.82, 2.24) is 0 Å². The number of rotatable bonds is 7. The van der Waals surface area contributed by atoms with Crippen LogP contribution in [0, 0.1) is 0 Å². The molecule has 150 valence electrons. The van der Waals surface area contributed by atoms with Gasteiger partial charge in [0.25, 0.3) is 0 Å². The first kappa shape index (κ1) is 21.2. The lowest BCUT2D eigenvalue weighted by atomic mass is 10.1. The molecule has 0 unspecified atom stereocenters. The number of methoxy groups -OCH3 is 5. The molecule has 1 aliphatic rings. The number of hydrogen-bond donors (Lipinski definition) is 0. The third-order valence-corrected chi connectivity index (χ3v) is 4.07. The summed E-state index contributed by atoms with van der Waals surface area (Å²) in [6.45, 7) is 0. The summed E-state index contributed by atoms with van der Waals surface area (Å²) < 4.78 is 25.8. The van der Waals surface area contributed by atoms with Crippen LogP contribution in [0.15, 0.2) is 53.9 Å². The molecule has 0 saturated heterocycles. The molecule has 2 rings (SSSR count). The summed E-state index contributed by atoms with van der Waals surface area (Å²) in [6.07, 6.45) is 5.69. The van der Waals surface area contributed by atoms with Crippen LogP contribution in [0.5, 0.6) is 5.75 Å². The van der Waals surface area contributed by atoms with Gasteiger partial charge in [-0.05, 0) is 30.4 Å². The Morgan fingerprint density at radius 1 is 0.929 bits per heavy atom. The second kappa shape index (κ2) is 9.72. The van der Waals surface area contributed by atoms with Crippen LogP contribution >= 0.6 is 0 Å². The molecule has 28 heavy (non-hydrogen) atoms. The molecule has 0 aliphatic carbocycles. The average Bonchev–Trinajstić information content (AvgIpc) is 2.96. The predicted octanol–water partition coefficient (Wildman–Crippen LogP) is 2.48. The van der Waals surface area contributed by atoms with E-state index in [0.717, 1.165) is 0 Å². The van der Waals surface area contributed by atoms with Crippen LogP contribution in [-0.4, -0.2) is 47.5 Å². The summed E-state index contributed by atoms with van der Waals surface area (Å²) in [6, 6.07) is 5.18. The Morgan fingerprint density at radius 3 is 2.18 bits per heavy atom. The molecule has 0 radical (unpaired) electrons. The minimum atomic E-state index is -0.741. The molecule has 0 atom stereocenters. The van der Waals surface area contributed by atoms with Crippen LogP contribution in [0.25, 0.3) is 0 Å². The number of carbonyl (C=O) groups is 2.